The molecule has 0 aliphatic carbocycles. The van der Waals surface area contributed by atoms with E-state index in [0.29, 0.717) is 5.56 Å². The number of benzene rings is 8. The number of hydrogen-bond acceptors (Lipinski definition) is 3. The van der Waals surface area contributed by atoms with E-state index < -0.39 is 9.84 Å². The number of sulfone groups is 1. The third kappa shape index (κ3) is 4.45. The van der Waals surface area contributed by atoms with Crippen LogP contribution in [0.3, 0.4) is 0 Å². The van der Waals surface area contributed by atoms with Crippen molar-refractivity contribution < 1.29 is 8.42 Å². The molecule has 0 atom stereocenters. The van der Waals surface area contributed by atoms with Gasteiger partial charge in [-0.05, 0) is 84.9 Å². The van der Waals surface area contributed by atoms with Crippen LogP contribution in [0.1, 0.15) is 5.56 Å². The van der Waals surface area contributed by atoms with E-state index in [9.17, 15) is 13.7 Å². The van der Waals surface area contributed by atoms with E-state index in [-0.39, 0.29) is 9.79 Å². The number of para-hydroxylation sites is 5. The molecule has 7 heteroatoms. The molecule has 0 N–H and O–H groups in total. The van der Waals surface area contributed by atoms with Crippen molar-refractivity contribution in [1.29, 1.82) is 5.26 Å². The number of aromatic nitrogens is 3. The van der Waals surface area contributed by atoms with Gasteiger partial charge >= 0.3 is 0 Å². The van der Waals surface area contributed by atoms with E-state index in [4.69, 9.17) is 0 Å². The highest BCUT2D eigenvalue weighted by Gasteiger charge is 2.29. The number of fused-ring (bicyclic) bond motifs is 12. The molecule has 0 aliphatic heterocycles. The van der Waals surface area contributed by atoms with Gasteiger partial charge in [-0.3, -0.25) is 0 Å². The number of hydrogen-bond donors (Lipinski definition) is 0. The van der Waals surface area contributed by atoms with Gasteiger partial charge in [-0.15, -0.1) is 0 Å². The number of nitrogens with zero attached hydrogens (tertiary/aromatic N) is 4. The first kappa shape index (κ1) is 32.1. The van der Waals surface area contributed by atoms with Gasteiger partial charge in [0.05, 0.1) is 54.5 Å². The fourth-order valence-electron chi connectivity index (χ4n) is 8.75. The molecule has 0 fully saturated rings. The van der Waals surface area contributed by atoms with Crippen molar-refractivity contribution in [3.63, 3.8) is 0 Å². The van der Waals surface area contributed by atoms with Crippen molar-refractivity contribution >= 4 is 75.3 Å². The predicted molar refractivity (Wildman–Crippen MR) is 226 cm³/mol. The molecule has 3 heterocycles. The van der Waals surface area contributed by atoms with Crippen LogP contribution in [0.2, 0.25) is 0 Å². The van der Waals surface area contributed by atoms with E-state index in [1.165, 1.54) is 12.1 Å². The smallest absolute Gasteiger partial charge is 0.206 e. The minimum absolute atomic E-state index is 0.0905. The molecule has 0 spiro atoms. The first-order valence-corrected chi connectivity index (χ1v) is 19.9. The van der Waals surface area contributed by atoms with E-state index in [0.717, 1.165) is 82.5 Å². The van der Waals surface area contributed by atoms with Gasteiger partial charge in [0, 0.05) is 49.4 Å². The Labute approximate surface area is 321 Å². The summed E-state index contributed by atoms with van der Waals surface area (Å²) in [5.41, 5.74) is 9.72. The van der Waals surface area contributed by atoms with E-state index in [1.807, 2.05) is 12.1 Å². The van der Waals surface area contributed by atoms with E-state index in [2.05, 4.69) is 153 Å². The molecule has 0 saturated heterocycles. The maximum atomic E-state index is 13.9. The fourth-order valence-corrected chi connectivity index (χ4v) is 10.1. The molecule has 0 aliphatic rings. The van der Waals surface area contributed by atoms with Crippen LogP contribution >= 0.6 is 0 Å². The summed E-state index contributed by atoms with van der Waals surface area (Å²) in [6.45, 7) is 0. The topological polar surface area (TPSA) is 72.7 Å². The Bertz CT molecular complexity index is 3470. The van der Waals surface area contributed by atoms with Gasteiger partial charge < -0.3 is 13.7 Å². The lowest BCUT2D eigenvalue weighted by atomic mass is 10.0. The normalized spacial score (nSPS) is 12.1. The van der Waals surface area contributed by atoms with Gasteiger partial charge in [-0.1, -0.05) is 97.1 Å². The Morgan fingerprint density at radius 3 is 1.21 bits per heavy atom. The third-order valence-corrected chi connectivity index (χ3v) is 12.8. The maximum Gasteiger partial charge on any atom is 0.206 e. The second kappa shape index (κ2) is 12.1. The Balaban J connectivity index is 1.35. The molecular weight excluding hydrogens is 709 g/mol. The van der Waals surface area contributed by atoms with Gasteiger partial charge in [-0.2, -0.15) is 5.26 Å². The zero-order valence-electron chi connectivity index (χ0n) is 29.8. The molecule has 11 aromatic rings. The van der Waals surface area contributed by atoms with Crippen LogP contribution in [0, 0.1) is 11.3 Å². The summed E-state index contributed by atoms with van der Waals surface area (Å²) in [7, 11) is -3.88. The van der Waals surface area contributed by atoms with Crippen LogP contribution in [0.25, 0.3) is 82.5 Å². The molecule has 0 unspecified atom stereocenters. The Kier molecular flexibility index (Phi) is 6.90. The van der Waals surface area contributed by atoms with Crippen LogP contribution in [0.15, 0.2) is 192 Å². The van der Waals surface area contributed by atoms with Crippen molar-refractivity contribution in [2.45, 2.75) is 9.79 Å². The first-order chi connectivity index (χ1) is 27.5. The quantitative estimate of drug-likeness (QED) is 0.176. The van der Waals surface area contributed by atoms with Crippen molar-refractivity contribution in [1.82, 2.24) is 13.7 Å². The van der Waals surface area contributed by atoms with Crippen molar-refractivity contribution in [3.8, 4) is 23.1 Å². The predicted octanol–water partition coefficient (Wildman–Crippen LogP) is 11.7. The largest absolute Gasteiger partial charge is 0.308 e. The van der Waals surface area contributed by atoms with Crippen molar-refractivity contribution in [2.24, 2.45) is 0 Å². The lowest BCUT2D eigenvalue weighted by molar-refractivity contribution is 0.596. The average molecular weight is 739 g/mol. The van der Waals surface area contributed by atoms with Crippen molar-refractivity contribution in [2.75, 3.05) is 0 Å². The summed E-state index contributed by atoms with van der Waals surface area (Å²) in [4.78, 5) is 0.252. The van der Waals surface area contributed by atoms with Gasteiger partial charge in [-0.25, -0.2) is 8.42 Å². The first-order valence-electron chi connectivity index (χ1n) is 18.4. The Hall–Kier alpha value is -7.40. The minimum atomic E-state index is -3.88. The summed E-state index contributed by atoms with van der Waals surface area (Å²) >= 11 is 0. The third-order valence-electron chi connectivity index (χ3n) is 11.0. The van der Waals surface area contributed by atoms with E-state index in [1.54, 1.807) is 24.3 Å². The standard InChI is InChI=1S/C49H30N4O2S/c50-31-32-14-13-19-37(30-32)56(54,55)36-28-26-35(27-29-36)53-43-25-12-9-22-40(43)46-48-44(38-20-7-10-23-41(38)51(48)33-15-3-1-4-16-33)47-45(49(46)53)39-21-8-11-24-42(39)52(47)34-17-5-2-6-18-34/h1-30H. The summed E-state index contributed by atoms with van der Waals surface area (Å²) in [5, 5.41) is 16.2. The highest BCUT2D eigenvalue weighted by atomic mass is 32.2. The fraction of sp³-hybridized carbons (Fsp3) is 0. The molecule has 8 aromatic carbocycles. The monoisotopic (exact) mass is 738 g/mol. The minimum Gasteiger partial charge on any atom is -0.308 e. The molecule has 0 amide bonds. The van der Waals surface area contributed by atoms with Gasteiger partial charge in [0.15, 0.2) is 0 Å². The van der Waals surface area contributed by atoms with Crippen LogP contribution < -0.4 is 0 Å². The zero-order chi connectivity index (χ0) is 37.5. The van der Waals surface area contributed by atoms with Crippen LogP contribution in [0.5, 0.6) is 0 Å². The molecule has 6 nitrogen and oxygen atoms in total. The lowest BCUT2D eigenvalue weighted by Gasteiger charge is -2.14. The molecular formula is C49H30N4O2S. The maximum absolute atomic E-state index is 13.9. The Morgan fingerprint density at radius 1 is 0.393 bits per heavy atom. The van der Waals surface area contributed by atoms with Crippen LogP contribution in [-0.4, -0.2) is 22.1 Å². The highest BCUT2D eigenvalue weighted by Crippen LogP contribution is 2.50. The second-order valence-electron chi connectivity index (χ2n) is 14.0. The van der Waals surface area contributed by atoms with Gasteiger partial charge in [0.1, 0.15) is 0 Å². The van der Waals surface area contributed by atoms with Crippen molar-refractivity contribution in [3.05, 3.63) is 188 Å². The van der Waals surface area contributed by atoms with Crippen LogP contribution in [-0.2, 0) is 9.84 Å². The molecule has 0 radical (unpaired) electrons. The summed E-state index contributed by atoms with van der Waals surface area (Å²) in [6, 6.07) is 62.3. The lowest BCUT2D eigenvalue weighted by Crippen LogP contribution is -2.03. The van der Waals surface area contributed by atoms with E-state index >= 15 is 0 Å². The van der Waals surface area contributed by atoms with Gasteiger partial charge in [0.25, 0.3) is 0 Å². The molecule has 0 bridgehead atoms. The van der Waals surface area contributed by atoms with Gasteiger partial charge in [0.2, 0.25) is 9.84 Å². The molecule has 0 saturated carbocycles. The summed E-state index contributed by atoms with van der Waals surface area (Å²) < 4.78 is 34.8. The summed E-state index contributed by atoms with van der Waals surface area (Å²) in [5.74, 6) is 0. The SMILES string of the molecule is N#Cc1cccc(S(=O)(=O)c2ccc(-n3c4ccccc4c4c5c(c6ccccc6n5-c5ccccc5)c5c(c6ccccc6n5-c5ccccc5)c43)cc2)c1. The second-order valence-corrected chi connectivity index (χ2v) is 16.0. The van der Waals surface area contributed by atoms with Crippen LogP contribution in [0.4, 0.5) is 0 Å². The summed E-state index contributed by atoms with van der Waals surface area (Å²) in [6.07, 6.45) is 0. The molecule has 264 valence electrons. The average Bonchev–Trinajstić information content (AvgIpc) is 3.90. The molecule has 11 rings (SSSR count). The highest BCUT2D eigenvalue weighted by molar-refractivity contribution is 7.91. The molecule has 3 aromatic heterocycles. The molecule has 56 heavy (non-hydrogen) atoms. The Morgan fingerprint density at radius 2 is 0.786 bits per heavy atom. The number of nitriles is 1. The number of rotatable bonds is 5. The zero-order valence-corrected chi connectivity index (χ0v) is 30.7.